The Labute approximate surface area is 87.0 Å². The van der Waals surface area contributed by atoms with Crippen LogP contribution in [0, 0.1) is 0 Å². The summed E-state index contributed by atoms with van der Waals surface area (Å²) in [4.78, 5) is 1.62. The van der Waals surface area contributed by atoms with Crippen molar-refractivity contribution in [2.45, 2.75) is 30.6 Å². The Hall–Kier alpha value is -0.300. The van der Waals surface area contributed by atoms with Crippen LogP contribution in [0.4, 0.5) is 8.78 Å². The highest BCUT2D eigenvalue weighted by Crippen LogP contribution is 2.27. The summed E-state index contributed by atoms with van der Waals surface area (Å²) in [7, 11) is 0. The van der Waals surface area contributed by atoms with Crippen LogP contribution in [0.2, 0.25) is 0 Å². The number of halogens is 2. The van der Waals surface area contributed by atoms with Gasteiger partial charge in [0.15, 0.2) is 0 Å². The van der Waals surface area contributed by atoms with Gasteiger partial charge in [-0.3, -0.25) is 4.90 Å². The Bertz CT molecular complexity index is 240. The minimum absolute atomic E-state index is 0.109. The highest BCUT2D eigenvalue weighted by Gasteiger charge is 2.41. The van der Waals surface area contributed by atoms with Crippen molar-refractivity contribution >= 4 is 0 Å². The van der Waals surface area contributed by atoms with Crippen LogP contribution in [0.5, 0.6) is 0 Å². The largest absolute Gasteiger partial charge is 0.389 e. The van der Waals surface area contributed by atoms with E-state index in [-0.39, 0.29) is 13.0 Å². The van der Waals surface area contributed by atoms with Crippen molar-refractivity contribution in [1.29, 1.82) is 0 Å². The number of rotatable bonds is 2. The Morgan fingerprint density at radius 3 is 2.73 bits per heavy atom. The van der Waals surface area contributed by atoms with E-state index in [9.17, 15) is 13.9 Å². The molecule has 88 valence electrons. The molecule has 0 aromatic carbocycles. The summed E-state index contributed by atoms with van der Waals surface area (Å²) in [6.07, 6.45) is -1.27. The minimum Gasteiger partial charge on any atom is -0.389 e. The van der Waals surface area contributed by atoms with E-state index in [1.165, 1.54) is 0 Å². The van der Waals surface area contributed by atoms with Crippen molar-refractivity contribution in [3.8, 4) is 0 Å². The third kappa shape index (κ3) is 2.44. The number of ether oxygens (including phenoxy) is 1. The molecule has 0 saturated carbocycles. The first-order valence-electron chi connectivity index (χ1n) is 5.13. The molecular formula is C9H16F2N2O2. The predicted molar refractivity (Wildman–Crippen MR) is 49.7 cm³/mol. The molecule has 2 aliphatic heterocycles. The molecule has 6 heteroatoms. The van der Waals surface area contributed by atoms with Gasteiger partial charge in [-0.25, -0.2) is 8.78 Å². The maximum Gasteiger partial charge on any atom is 0.261 e. The van der Waals surface area contributed by atoms with Gasteiger partial charge in [-0.2, -0.15) is 0 Å². The Kier molecular flexibility index (Phi) is 2.94. The number of nitrogens with zero attached hydrogens (tertiary/aromatic N) is 1. The van der Waals surface area contributed by atoms with Crippen molar-refractivity contribution in [1.82, 2.24) is 4.90 Å². The summed E-state index contributed by atoms with van der Waals surface area (Å²) < 4.78 is 31.0. The molecule has 2 heterocycles. The fraction of sp³-hybridized carbons (Fsp3) is 1.00. The van der Waals surface area contributed by atoms with Gasteiger partial charge < -0.3 is 15.6 Å². The molecule has 0 amide bonds. The first-order valence-corrected chi connectivity index (χ1v) is 5.13. The molecule has 3 atom stereocenters. The van der Waals surface area contributed by atoms with Crippen molar-refractivity contribution in [3.63, 3.8) is 0 Å². The van der Waals surface area contributed by atoms with Gasteiger partial charge in [-0.05, 0) is 0 Å². The normalized spacial score (nSPS) is 41.2. The topological polar surface area (TPSA) is 58.7 Å². The summed E-state index contributed by atoms with van der Waals surface area (Å²) in [6.45, 7) is 0.754. The zero-order valence-electron chi connectivity index (χ0n) is 8.40. The third-order valence-electron chi connectivity index (χ3n) is 3.01. The molecule has 0 aliphatic carbocycles. The minimum atomic E-state index is -2.59. The molecule has 0 aromatic heterocycles. The van der Waals surface area contributed by atoms with Crippen molar-refractivity contribution in [2.75, 3.05) is 26.2 Å². The van der Waals surface area contributed by atoms with E-state index in [0.29, 0.717) is 19.7 Å². The van der Waals surface area contributed by atoms with Gasteiger partial charge in [-0.15, -0.1) is 0 Å². The molecule has 2 rings (SSSR count). The molecule has 0 radical (unpaired) electrons. The van der Waals surface area contributed by atoms with Crippen LogP contribution in [-0.2, 0) is 4.74 Å². The lowest BCUT2D eigenvalue weighted by Gasteiger charge is -2.22. The molecule has 0 aromatic rings. The summed E-state index contributed by atoms with van der Waals surface area (Å²) in [5.41, 5.74) is 5.55. The van der Waals surface area contributed by atoms with Crippen molar-refractivity contribution < 1.29 is 18.6 Å². The summed E-state index contributed by atoms with van der Waals surface area (Å²) >= 11 is 0. The fourth-order valence-corrected chi connectivity index (χ4v) is 2.09. The number of aliphatic hydroxyl groups is 1. The quantitative estimate of drug-likeness (QED) is 0.656. The highest BCUT2D eigenvalue weighted by atomic mass is 19.3. The third-order valence-corrected chi connectivity index (χ3v) is 3.01. The van der Waals surface area contributed by atoms with E-state index in [0.717, 1.165) is 0 Å². The van der Waals surface area contributed by atoms with E-state index >= 15 is 0 Å². The number of hydrogen-bond donors (Lipinski definition) is 2. The maximum absolute atomic E-state index is 12.9. The molecule has 4 nitrogen and oxygen atoms in total. The zero-order valence-corrected chi connectivity index (χ0v) is 8.40. The van der Waals surface area contributed by atoms with E-state index in [4.69, 9.17) is 10.5 Å². The molecule has 15 heavy (non-hydrogen) atoms. The average Bonchev–Trinajstić information content (AvgIpc) is 2.63. The Morgan fingerprint density at radius 2 is 2.27 bits per heavy atom. The molecular weight excluding hydrogens is 206 g/mol. The zero-order chi connectivity index (χ0) is 11.1. The molecule has 2 aliphatic rings. The van der Waals surface area contributed by atoms with E-state index in [1.807, 2.05) is 0 Å². The molecule has 0 unspecified atom stereocenters. The Balaban J connectivity index is 1.83. The van der Waals surface area contributed by atoms with Gasteiger partial charge >= 0.3 is 0 Å². The van der Waals surface area contributed by atoms with Crippen LogP contribution in [-0.4, -0.2) is 60.4 Å². The highest BCUT2D eigenvalue weighted by molar-refractivity contribution is 4.90. The van der Waals surface area contributed by atoms with Crippen LogP contribution >= 0.6 is 0 Å². The molecule has 3 N–H and O–H groups in total. The average molecular weight is 222 g/mol. The number of aliphatic hydroxyl groups excluding tert-OH is 1. The molecule has 2 saturated heterocycles. The van der Waals surface area contributed by atoms with Gasteiger partial charge in [0.2, 0.25) is 0 Å². The van der Waals surface area contributed by atoms with Gasteiger partial charge in [0.1, 0.15) is 0 Å². The summed E-state index contributed by atoms with van der Waals surface area (Å²) in [6, 6.07) is -0.391. The van der Waals surface area contributed by atoms with Crippen LogP contribution in [0.25, 0.3) is 0 Å². The van der Waals surface area contributed by atoms with Gasteiger partial charge in [-0.1, -0.05) is 0 Å². The van der Waals surface area contributed by atoms with E-state index in [1.54, 1.807) is 4.90 Å². The first kappa shape index (κ1) is 11.2. The van der Waals surface area contributed by atoms with Crippen LogP contribution in [0.15, 0.2) is 0 Å². The van der Waals surface area contributed by atoms with Gasteiger partial charge in [0.05, 0.1) is 31.4 Å². The second-order valence-corrected chi connectivity index (χ2v) is 4.37. The smallest absolute Gasteiger partial charge is 0.261 e. The summed E-state index contributed by atoms with van der Waals surface area (Å²) in [5, 5.41) is 9.58. The monoisotopic (exact) mass is 222 g/mol. The van der Waals surface area contributed by atoms with E-state index < -0.39 is 24.2 Å². The fourth-order valence-electron chi connectivity index (χ4n) is 2.09. The SMILES string of the molecule is N[C@H]1CO[C@@H](CN2CCC(F)(F)C2)[C@@H]1O. The molecule has 2 fully saturated rings. The lowest BCUT2D eigenvalue weighted by atomic mass is 10.1. The number of hydrogen-bond acceptors (Lipinski definition) is 4. The second kappa shape index (κ2) is 3.93. The molecule has 0 spiro atoms. The number of likely N-dealkylation sites (tertiary alicyclic amines) is 1. The second-order valence-electron chi connectivity index (χ2n) is 4.37. The Morgan fingerprint density at radius 1 is 1.53 bits per heavy atom. The van der Waals surface area contributed by atoms with Crippen LogP contribution in [0.1, 0.15) is 6.42 Å². The first-order chi connectivity index (χ1) is 6.98. The molecule has 0 bridgehead atoms. The predicted octanol–water partition coefficient (Wildman–Crippen LogP) is -0.586. The lowest BCUT2D eigenvalue weighted by molar-refractivity contribution is -0.00713. The van der Waals surface area contributed by atoms with E-state index in [2.05, 4.69) is 0 Å². The number of alkyl halides is 2. The maximum atomic E-state index is 12.9. The van der Waals surface area contributed by atoms with Crippen molar-refractivity contribution in [3.05, 3.63) is 0 Å². The van der Waals surface area contributed by atoms with Crippen molar-refractivity contribution in [2.24, 2.45) is 5.73 Å². The van der Waals surface area contributed by atoms with Gasteiger partial charge in [0, 0.05) is 19.5 Å². The summed E-state index contributed by atoms with van der Waals surface area (Å²) in [5.74, 6) is -2.59. The lowest BCUT2D eigenvalue weighted by Crippen LogP contribution is -2.42. The van der Waals surface area contributed by atoms with Crippen LogP contribution in [0.3, 0.4) is 0 Å². The van der Waals surface area contributed by atoms with Crippen LogP contribution < -0.4 is 5.73 Å². The standard InChI is InChI=1S/C9H16F2N2O2/c10-9(11)1-2-13(5-9)3-7-8(14)6(12)4-15-7/h6-8,14H,1-5,12H2/t6-,7-,8+/m0/s1. The number of nitrogens with two attached hydrogens (primary N) is 1. The van der Waals surface area contributed by atoms with Gasteiger partial charge in [0.25, 0.3) is 5.92 Å².